The molecule has 0 bridgehead atoms. The number of halogens is 1. The van der Waals surface area contributed by atoms with Crippen LogP contribution in [0.5, 0.6) is 0 Å². The van der Waals surface area contributed by atoms with E-state index in [0.717, 1.165) is 0 Å². The van der Waals surface area contributed by atoms with Gasteiger partial charge in [-0.1, -0.05) is 0 Å². The summed E-state index contributed by atoms with van der Waals surface area (Å²) in [6, 6.07) is 0. The standard InChI is InChI=1S/C12H19FO3Si/c1-5-15-11(14)12(13)8-6-7-9(10(8)12)16-17(2,3)4/h7-8,10H,5-6H2,1-4H3. The van der Waals surface area contributed by atoms with Gasteiger partial charge in [0, 0.05) is 5.92 Å². The summed E-state index contributed by atoms with van der Waals surface area (Å²) in [4.78, 5) is 11.6. The van der Waals surface area contributed by atoms with E-state index in [9.17, 15) is 9.18 Å². The van der Waals surface area contributed by atoms with Crippen molar-refractivity contribution in [1.82, 2.24) is 0 Å². The van der Waals surface area contributed by atoms with E-state index in [1.807, 2.05) is 25.7 Å². The molecule has 17 heavy (non-hydrogen) atoms. The highest BCUT2D eigenvalue weighted by Crippen LogP contribution is 2.64. The van der Waals surface area contributed by atoms with Gasteiger partial charge in [-0.2, -0.15) is 0 Å². The molecule has 0 radical (unpaired) electrons. The number of ether oxygens (including phenoxy) is 1. The Hall–Kier alpha value is -0.843. The first-order chi connectivity index (χ1) is 7.80. The minimum atomic E-state index is -1.82. The van der Waals surface area contributed by atoms with Crippen molar-refractivity contribution in [1.29, 1.82) is 0 Å². The lowest BCUT2D eigenvalue weighted by Gasteiger charge is -2.22. The van der Waals surface area contributed by atoms with Crippen molar-refractivity contribution in [3.63, 3.8) is 0 Å². The summed E-state index contributed by atoms with van der Waals surface area (Å²) in [5.74, 6) is -0.703. The summed E-state index contributed by atoms with van der Waals surface area (Å²) in [6.07, 6.45) is 2.50. The Morgan fingerprint density at radius 3 is 2.76 bits per heavy atom. The molecule has 0 aromatic carbocycles. The quantitative estimate of drug-likeness (QED) is 0.574. The second-order valence-electron chi connectivity index (χ2n) is 5.63. The highest BCUT2D eigenvalue weighted by Gasteiger charge is 2.76. The van der Waals surface area contributed by atoms with Gasteiger partial charge in [0.1, 0.15) is 0 Å². The SMILES string of the molecule is CCOC(=O)C1(F)C2CC=C(O[Si](C)(C)C)C21. The highest BCUT2D eigenvalue weighted by molar-refractivity contribution is 6.70. The van der Waals surface area contributed by atoms with Crippen LogP contribution in [0.25, 0.3) is 0 Å². The number of fused-ring (bicyclic) bond motifs is 1. The third-order valence-electron chi connectivity index (χ3n) is 3.18. The van der Waals surface area contributed by atoms with Gasteiger partial charge in [0.2, 0.25) is 14.0 Å². The van der Waals surface area contributed by atoms with Gasteiger partial charge in [-0.15, -0.1) is 0 Å². The van der Waals surface area contributed by atoms with E-state index in [1.165, 1.54) is 0 Å². The minimum absolute atomic E-state index is 0.220. The van der Waals surface area contributed by atoms with Crippen molar-refractivity contribution in [2.24, 2.45) is 11.8 Å². The van der Waals surface area contributed by atoms with Crippen molar-refractivity contribution >= 4 is 14.3 Å². The zero-order valence-corrected chi connectivity index (χ0v) is 11.7. The molecule has 2 rings (SSSR count). The molecule has 2 aliphatic rings. The Morgan fingerprint density at radius 2 is 2.24 bits per heavy atom. The molecule has 96 valence electrons. The number of carbonyl (C=O) groups is 1. The summed E-state index contributed by atoms with van der Waals surface area (Å²) >= 11 is 0. The maximum atomic E-state index is 14.4. The van der Waals surface area contributed by atoms with Gasteiger partial charge in [-0.05, 0) is 39.1 Å². The molecule has 1 fully saturated rings. The van der Waals surface area contributed by atoms with Gasteiger partial charge in [-0.25, -0.2) is 9.18 Å². The molecule has 0 amide bonds. The second-order valence-corrected chi connectivity index (χ2v) is 10.1. The maximum Gasteiger partial charge on any atom is 0.345 e. The predicted molar refractivity (Wildman–Crippen MR) is 64.6 cm³/mol. The van der Waals surface area contributed by atoms with E-state index < -0.39 is 25.9 Å². The molecule has 3 unspecified atom stereocenters. The lowest BCUT2D eigenvalue weighted by atomic mass is 10.2. The maximum absolute atomic E-state index is 14.4. The molecule has 0 saturated heterocycles. The topological polar surface area (TPSA) is 35.5 Å². The molecular weight excluding hydrogens is 239 g/mol. The summed E-state index contributed by atoms with van der Waals surface area (Å²) in [7, 11) is -1.74. The van der Waals surface area contributed by atoms with E-state index in [2.05, 4.69) is 0 Å². The number of rotatable bonds is 4. The fourth-order valence-corrected chi connectivity index (χ4v) is 3.40. The number of alkyl halides is 1. The average Bonchev–Trinajstić information content (AvgIpc) is 2.57. The van der Waals surface area contributed by atoms with Crippen LogP contribution in [0.3, 0.4) is 0 Å². The number of hydrogen-bond acceptors (Lipinski definition) is 3. The Labute approximate surface area is 102 Å². The van der Waals surface area contributed by atoms with E-state index in [1.54, 1.807) is 6.92 Å². The van der Waals surface area contributed by atoms with Crippen molar-refractivity contribution in [2.75, 3.05) is 6.61 Å². The molecule has 0 spiro atoms. The van der Waals surface area contributed by atoms with Gasteiger partial charge in [0.05, 0.1) is 18.3 Å². The Morgan fingerprint density at radius 1 is 1.59 bits per heavy atom. The summed E-state index contributed by atoms with van der Waals surface area (Å²) in [5, 5.41) is 0. The van der Waals surface area contributed by atoms with Crippen LogP contribution >= 0.6 is 0 Å². The van der Waals surface area contributed by atoms with Crippen molar-refractivity contribution in [3.05, 3.63) is 11.8 Å². The van der Waals surface area contributed by atoms with E-state index in [4.69, 9.17) is 9.16 Å². The number of allylic oxidation sites excluding steroid dienone is 2. The van der Waals surface area contributed by atoms with E-state index in [0.29, 0.717) is 12.2 Å². The predicted octanol–water partition coefficient (Wildman–Crippen LogP) is 2.64. The molecule has 1 saturated carbocycles. The lowest BCUT2D eigenvalue weighted by Crippen LogP contribution is -2.29. The van der Waals surface area contributed by atoms with Gasteiger partial charge in [0.15, 0.2) is 0 Å². The molecule has 0 N–H and O–H groups in total. The first kappa shape index (κ1) is 12.6. The third kappa shape index (κ3) is 2.01. The molecule has 0 aromatic rings. The molecule has 0 aliphatic heterocycles. The summed E-state index contributed by atoms with van der Waals surface area (Å²) < 4.78 is 25.1. The van der Waals surface area contributed by atoms with Gasteiger partial charge in [0.25, 0.3) is 0 Å². The zero-order valence-electron chi connectivity index (χ0n) is 10.7. The van der Waals surface area contributed by atoms with Crippen molar-refractivity contribution < 1.29 is 18.3 Å². The van der Waals surface area contributed by atoms with Crippen LogP contribution in [0.4, 0.5) is 4.39 Å². The number of esters is 1. The van der Waals surface area contributed by atoms with Crippen LogP contribution in [-0.4, -0.2) is 26.6 Å². The molecule has 0 aromatic heterocycles. The molecule has 3 nitrogen and oxygen atoms in total. The van der Waals surface area contributed by atoms with E-state index >= 15 is 0 Å². The van der Waals surface area contributed by atoms with Crippen LogP contribution in [0.1, 0.15) is 13.3 Å². The normalized spacial score (nSPS) is 35.0. The Balaban J connectivity index is 2.06. The van der Waals surface area contributed by atoms with E-state index in [-0.39, 0.29) is 12.5 Å². The zero-order chi connectivity index (χ0) is 12.8. The van der Waals surface area contributed by atoms with Gasteiger partial charge < -0.3 is 9.16 Å². The molecule has 5 heteroatoms. The monoisotopic (exact) mass is 258 g/mol. The average molecular weight is 258 g/mol. The molecule has 3 atom stereocenters. The summed E-state index contributed by atoms with van der Waals surface area (Å²) in [5.41, 5.74) is -1.82. The van der Waals surface area contributed by atoms with Gasteiger partial charge >= 0.3 is 5.97 Å². The van der Waals surface area contributed by atoms with Crippen molar-refractivity contribution in [2.45, 2.75) is 38.7 Å². The Kier molecular flexibility index (Phi) is 2.84. The smallest absolute Gasteiger partial charge is 0.345 e. The fourth-order valence-electron chi connectivity index (χ4n) is 2.49. The highest BCUT2D eigenvalue weighted by atomic mass is 28.4. The van der Waals surface area contributed by atoms with Crippen LogP contribution in [0.2, 0.25) is 19.6 Å². The summed E-state index contributed by atoms with van der Waals surface area (Å²) in [6.45, 7) is 8.06. The van der Waals surface area contributed by atoms with Crippen molar-refractivity contribution in [3.8, 4) is 0 Å². The molecule has 2 aliphatic carbocycles. The number of hydrogen-bond donors (Lipinski definition) is 0. The van der Waals surface area contributed by atoms with Gasteiger partial charge in [-0.3, -0.25) is 0 Å². The minimum Gasteiger partial charge on any atom is -0.547 e. The first-order valence-corrected chi connectivity index (χ1v) is 9.46. The lowest BCUT2D eigenvalue weighted by molar-refractivity contribution is -0.152. The van der Waals surface area contributed by atoms with Crippen LogP contribution in [0.15, 0.2) is 11.8 Å². The third-order valence-corrected chi connectivity index (χ3v) is 4.03. The van der Waals surface area contributed by atoms with Crippen LogP contribution in [-0.2, 0) is 14.0 Å². The first-order valence-electron chi connectivity index (χ1n) is 6.06. The number of carbonyl (C=O) groups excluding carboxylic acids is 1. The van der Waals surface area contributed by atoms with Crippen LogP contribution in [0, 0.1) is 11.8 Å². The molecular formula is C12H19FO3Si. The largest absolute Gasteiger partial charge is 0.547 e. The molecule has 0 heterocycles. The second kappa shape index (κ2) is 3.83. The van der Waals surface area contributed by atoms with Crippen LogP contribution < -0.4 is 0 Å². The Bertz CT molecular complexity index is 374. The fraction of sp³-hybridized carbons (Fsp3) is 0.750.